The van der Waals surface area contributed by atoms with E-state index in [1.54, 1.807) is 0 Å². The molecule has 110 valence electrons. The highest BCUT2D eigenvalue weighted by molar-refractivity contribution is 6.25. The molecule has 0 fully saturated rings. The van der Waals surface area contributed by atoms with Crippen LogP contribution in [0.15, 0.2) is 66.0 Å². The molecular formula is C19H24OSi. The lowest BCUT2D eigenvalue weighted by Crippen LogP contribution is -2.23. The number of hydrogen-bond donors (Lipinski definition) is 0. The van der Waals surface area contributed by atoms with Crippen LogP contribution in [-0.2, 0) is 4.74 Å². The Hall–Kier alpha value is -1.80. The third-order valence-corrected chi connectivity index (χ3v) is 4.46. The lowest BCUT2D eigenvalue weighted by atomic mass is 9.99. The molecule has 0 heterocycles. The highest BCUT2D eigenvalue weighted by Crippen LogP contribution is 2.29. The van der Waals surface area contributed by atoms with Gasteiger partial charge in [0, 0.05) is 5.57 Å². The molecule has 0 saturated heterocycles. The topological polar surface area (TPSA) is 9.23 Å². The van der Waals surface area contributed by atoms with Gasteiger partial charge >= 0.3 is 0 Å². The maximum atomic E-state index is 6.30. The summed E-state index contributed by atoms with van der Waals surface area (Å²) in [6, 6.07) is 21.0. The molecule has 1 nitrogen and oxygen atoms in total. The zero-order valence-corrected chi connectivity index (χ0v) is 15.4. The third kappa shape index (κ3) is 4.08. The summed E-state index contributed by atoms with van der Waals surface area (Å²) in [7, 11) is 0.885. The van der Waals surface area contributed by atoms with Crippen molar-refractivity contribution in [1.29, 1.82) is 0 Å². The third-order valence-electron chi connectivity index (χ3n) is 3.76. The molecule has 2 aromatic carbocycles. The van der Waals surface area contributed by atoms with Crippen LogP contribution in [-0.4, -0.2) is 15.8 Å². The Morgan fingerprint density at radius 3 is 1.71 bits per heavy atom. The lowest BCUT2D eigenvalue weighted by molar-refractivity contribution is 0.0466. The molecule has 0 aliphatic rings. The van der Waals surface area contributed by atoms with Gasteiger partial charge < -0.3 is 4.74 Å². The fraction of sp³-hybridized carbons (Fsp3) is 0.263. The van der Waals surface area contributed by atoms with Gasteiger partial charge in [0.15, 0.2) is 0 Å². The van der Waals surface area contributed by atoms with E-state index in [1.807, 2.05) is 0 Å². The molecule has 2 aromatic rings. The number of benzene rings is 2. The van der Waals surface area contributed by atoms with Crippen molar-refractivity contribution >= 4 is 15.8 Å². The first-order valence-electron chi connectivity index (χ1n) is 7.54. The molecule has 0 saturated carbocycles. The molecule has 0 radical (unpaired) electrons. The van der Waals surface area contributed by atoms with Gasteiger partial charge in [-0.3, -0.25) is 0 Å². The van der Waals surface area contributed by atoms with Crippen molar-refractivity contribution in [3.05, 3.63) is 77.2 Å². The van der Waals surface area contributed by atoms with Crippen LogP contribution in [0.4, 0.5) is 0 Å². The molecule has 2 heteroatoms. The first-order chi connectivity index (χ1) is 10.0. The van der Waals surface area contributed by atoms with Crippen molar-refractivity contribution in [2.75, 3.05) is 0 Å². The summed E-state index contributed by atoms with van der Waals surface area (Å²) in [5, 5.41) is 1.11. The maximum absolute atomic E-state index is 6.30. The SMILES string of the molecule is CCC(C)(C)OC([SiH3])=C(c1ccccc1)c1ccccc1. The van der Waals surface area contributed by atoms with Crippen LogP contribution in [0.5, 0.6) is 0 Å². The molecule has 2 rings (SSSR count). The molecule has 0 aromatic heterocycles. The van der Waals surface area contributed by atoms with Crippen LogP contribution in [0.25, 0.3) is 5.57 Å². The smallest absolute Gasteiger partial charge is 0.102 e. The van der Waals surface area contributed by atoms with Crippen LogP contribution in [0.3, 0.4) is 0 Å². The highest BCUT2D eigenvalue weighted by atomic mass is 28.1. The Labute approximate surface area is 131 Å². The van der Waals surface area contributed by atoms with Crippen LogP contribution in [0.1, 0.15) is 38.3 Å². The summed E-state index contributed by atoms with van der Waals surface area (Å²) < 4.78 is 6.30. The van der Waals surface area contributed by atoms with Crippen molar-refractivity contribution in [2.45, 2.75) is 32.8 Å². The van der Waals surface area contributed by atoms with E-state index in [0.29, 0.717) is 0 Å². The van der Waals surface area contributed by atoms with E-state index in [2.05, 4.69) is 81.4 Å². The molecule has 0 amide bonds. The molecule has 0 unspecified atom stereocenters. The molecular weight excluding hydrogens is 272 g/mol. The fourth-order valence-corrected chi connectivity index (χ4v) is 3.45. The van der Waals surface area contributed by atoms with E-state index >= 15 is 0 Å². The molecule has 0 aliphatic carbocycles. The summed E-state index contributed by atoms with van der Waals surface area (Å²) in [5.41, 5.74) is 3.55. The van der Waals surface area contributed by atoms with E-state index in [4.69, 9.17) is 4.74 Å². The molecule has 21 heavy (non-hydrogen) atoms. The first kappa shape index (κ1) is 15.6. The van der Waals surface area contributed by atoms with Crippen LogP contribution in [0, 0.1) is 0 Å². The zero-order valence-electron chi connectivity index (χ0n) is 13.4. The van der Waals surface area contributed by atoms with Crippen molar-refractivity contribution in [3.63, 3.8) is 0 Å². The predicted molar refractivity (Wildman–Crippen MR) is 94.3 cm³/mol. The Balaban J connectivity index is 2.51. The first-order valence-corrected chi connectivity index (χ1v) is 8.54. The fourth-order valence-electron chi connectivity index (χ4n) is 2.32. The molecule has 0 atom stereocenters. The second kappa shape index (κ2) is 6.77. The minimum atomic E-state index is -0.119. The van der Waals surface area contributed by atoms with Crippen molar-refractivity contribution in [2.24, 2.45) is 0 Å². The van der Waals surface area contributed by atoms with Gasteiger partial charge in [0.2, 0.25) is 0 Å². The van der Waals surface area contributed by atoms with Gasteiger partial charge in [0.05, 0.1) is 15.6 Å². The minimum absolute atomic E-state index is 0.119. The monoisotopic (exact) mass is 296 g/mol. The van der Waals surface area contributed by atoms with E-state index < -0.39 is 0 Å². The molecule has 0 spiro atoms. The van der Waals surface area contributed by atoms with Crippen LogP contribution >= 0.6 is 0 Å². The van der Waals surface area contributed by atoms with Crippen LogP contribution < -0.4 is 0 Å². The quantitative estimate of drug-likeness (QED) is 0.599. The summed E-state index contributed by atoms with van der Waals surface area (Å²) in [4.78, 5) is 0. The second-order valence-corrected chi connectivity index (χ2v) is 6.79. The Bertz CT molecular complexity index is 558. The normalized spacial score (nSPS) is 11.2. The average Bonchev–Trinajstić information content (AvgIpc) is 2.49. The number of hydrogen-bond acceptors (Lipinski definition) is 1. The summed E-state index contributed by atoms with van der Waals surface area (Å²) in [5.74, 6) is 0. The highest BCUT2D eigenvalue weighted by Gasteiger charge is 2.19. The van der Waals surface area contributed by atoms with Crippen LogP contribution in [0.2, 0.25) is 0 Å². The van der Waals surface area contributed by atoms with Crippen molar-refractivity contribution < 1.29 is 4.74 Å². The summed E-state index contributed by atoms with van der Waals surface area (Å²) in [6.07, 6.45) is 0.996. The lowest BCUT2D eigenvalue weighted by Gasteiger charge is -2.27. The largest absolute Gasteiger partial charge is 0.498 e. The zero-order chi connectivity index (χ0) is 15.3. The molecule has 0 bridgehead atoms. The van der Waals surface area contributed by atoms with Gasteiger partial charge in [-0.05, 0) is 31.4 Å². The maximum Gasteiger partial charge on any atom is 0.102 e. The van der Waals surface area contributed by atoms with Gasteiger partial charge in [-0.1, -0.05) is 67.6 Å². The minimum Gasteiger partial charge on any atom is -0.498 e. The van der Waals surface area contributed by atoms with E-state index in [-0.39, 0.29) is 5.60 Å². The van der Waals surface area contributed by atoms with Gasteiger partial charge in [0.1, 0.15) is 5.60 Å². The van der Waals surface area contributed by atoms with Gasteiger partial charge in [-0.15, -0.1) is 0 Å². The summed E-state index contributed by atoms with van der Waals surface area (Å²) in [6.45, 7) is 6.47. The molecule has 0 aliphatic heterocycles. The van der Waals surface area contributed by atoms with Gasteiger partial charge in [-0.2, -0.15) is 0 Å². The second-order valence-electron chi connectivity index (χ2n) is 5.88. The Kier molecular flexibility index (Phi) is 5.02. The van der Waals surface area contributed by atoms with Crippen molar-refractivity contribution in [1.82, 2.24) is 0 Å². The van der Waals surface area contributed by atoms with Gasteiger partial charge in [-0.25, -0.2) is 0 Å². The van der Waals surface area contributed by atoms with E-state index in [1.165, 1.54) is 16.7 Å². The number of rotatable bonds is 5. The average molecular weight is 296 g/mol. The van der Waals surface area contributed by atoms with E-state index in [0.717, 1.165) is 22.0 Å². The standard InChI is InChI=1S/C19H24OSi/c1-4-19(2,3)20-18(21)17(15-11-7-5-8-12-15)16-13-9-6-10-14-16/h5-14H,4H2,1-3,21H3. The summed E-state index contributed by atoms with van der Waals surface area (Å²) >= 11 is 0. The molecule has 0 N–H and O–H groups in total. The number of ether oxygens (including phenoxy) is 1. The van der Waals surface area contributed by atoms with E-state index in [9.17, 15) is 0 Å². The Morgan fingerprint density at radius 1 is 0.905 bits per heavy atom. The predicted octanol–water partition coefficient (Wildman–Crippen LogP) is 3.97. The van der Waals surface area contributed by atoms with Crippen molar-refractivity contribution in [3.8, 4) is 0 Å². The Morgan fingerprint density at radius 2 is 1.33 bits per heavy atom. The van der Waals surface area contributed by atoms with Gasteiger partial charge in [0.25, 0.3) is 0 Å².